The number of nitrogens with zero attached hydrogens (tertiary/aromatic N) is 1. The Morgan fingerprint density at radius 2 is 1.58 bits per heavy atom. The zero-order chi connectivity index (χ0) is 26.3. The van der Waals surface area contributed by atoms with Crippen LogP contribution < -0.4 is 5.32 Å². The predicted molar refractivity (Wildman–Crippen MR) is 148 cm³/mol. The molecule has 0 bridgehead atoms. The maximum absolute atomic E-state index is 13.7. The number of rotatable bonds is 9. The maximum atomic E-state index is 13.7. The van der Waals surface area contributed by atoms with Gasteiger partial charge in [0.1, 0.15) is 6.04 Å². The topological polar surface area (TPSA) is 49.4 Å². The van der Waals surface area contributed by atoms with E-state index < -0.39 is 11.6 Å². The molecule has 0 heterocycles. The van der Waals surface area contributed by atoms with Crippen molar-refractivity contribution in [2.45, 2.75) is 65.1 Å². The summed E-state index contributed by atoms with van der Waals surface area (Å²) in [4.78, 5) is 29.0. The minimum Gasteiger partial charge on any atom is -0.350 e. The Kier molecular flexibility index (Phi) is 9.58. The third-order valence-electron chi connectivity index (χ3n) is 5.87. The molecule has 2 amide bonds. The van der Waals surface area contributed by atoms with Crippen molar-refractivity contribution >= 4 is 35.0 Å². The number of hydrogen-bond acceptors (Lipinski definition) is 2. The van der Waals surface area contributed by atoms with Crippen molar-refractivity contribution in [1.29, 1.82) is 0 Å². The van der Waals surface area contributed by atoms with Crippen LogP contribution in [0.4, 0.5) is 0 Å². The quantitative estimate of drug-likeness (QED) is 0.335. The van der Waals surface area contributed by atoms with Crippen molar-refractivity contribution in [3.63, 3.8) is 0 Å². The molecule has 3 aromatic carbocycles. The minimum absolute atomic E-state index is 0.105. The number of amides is 2. The van der Waals surface area contributed by atoms with E-state index in [0.717, 1.165) is 16.7 Å². The van der Waals surface area contributed by atoms with Gasteiger partial charge in [0.05, 0.1) is 0 Å². The third kappa shape index (κ3) is 8.39. The smallest absolute Gasteiger partial charge is 0.243 e. The Balaban J connectivity index is 1.95. The Morgan fingerprint density at radius 3 is 2.19 bits per heavy atom. The van der Waals surface area contributed by atoms with Gasteiger partial charge in [0.25, 0.3) is 0 Å². The van der Waals surface area contributed by atoms with Gasteiger partial charge < -0.3 is 10.2 Å². The lowest BCUT2D eigenvalue weighted by molar-refractivity contribution is -0.141. The van der Waals surface area contributed by atoms with E-state index in [1.807, 2.05) is 88.4 Å². The normalized spacial score (nSPS) is 12.2. The Hall–Kier alpha value is -2.82. The molecular formula is C30H34Cl2N2O2. The highest BCUT2D eigenvalue weighted by Crippen LogP contribution is 2.25. The van der Waals surface area contributed by atoms with Crippen LogP contribution in [-0.4, -0.2) is 28.3 Å². The number of nitrogens with one attached hydrogen (secondary N) is 1. The first-order chi connectivity index (χ1) is 17.0. The zero-order valence-electron chi connectivity index (χ0n) is 21.4. The first-order valence-electron chi connectivity index (χ1n) is 12.2. The van der Waals surface area contributed by atoms with E-state index in [4.69, 9.17) is 23.2 Å². The molecule has 6 heteroatoms. The van der Waals surface area contributed by atoms with Gasteiger partial charge >= 0.3 is 0 Å². The van der Waals surface area contributed by atoms with Crippen LogP contribution in [0.3, 0.4) is 0 Å². The van der Waals surface area contributed by atoms with E-state index in [9.17, 15) is 9.59 Å². The minimum atomic E-state index is -0.705. The van der Waals surface area contributed by atoms with Crippen molar-refractivity contribution in [3.8, 4) is 0 Å². The summed E-state index contributed by atoms with van der Waals surface area (Å²) in [5, 5.41) is 4.06. The van der Waals surface area contributed by atoms with Crippen molar-refractivity contribution in [1.82, 2.24) is 10.2 Å². The highest BCUT2D eigenvalue weighted by Gasteiger charge is 2.32. The summed E-state index contributed by atoms with van der Waals surface area (Å²) in [6.07, 6.45) is 1.26. The summed E-state index contributed by atoms with van der Waals surface area (Å²) in [6, 6.07) is 22.4. The summed E-state index contributed by atoms with van der Waals surface area (Å²) in [5.74, 6) is -0.299. The van der Waals surface area contributed by atoms with E-state index in [-0.39, 0.29) is 24.8 Å². The molecule has 0 spiro atoms. The molecular weight excluding hydrogens is 491 g/mol. The Morgan fingerprint density at radius 1 is 0.917 bits per heavy atom. The average Bonchev–Trinajstić information content (AvgIpc) is 2.81. The first kappa shape index (κ1) is 27.8. The van der Waals surface area contributed by atoms with E-state index in [1.165, 1.54) is 5.56 Å². The molecule has 3 rings (SSSR count). The number of halogens is 2. The van der Waals surface area contributed by atoms with Gasteiger partial charge in [0.2, 0.25) is 11.8 Å². The second kappa shape index (κ2) is 12.4. The van der Waals surface area contributed by atoms with Crippen LogP contribution in [0.25, 0.3) is 0 Å². The molecule has 190 valence electrons. The standard InChI is InChI=1S/C30H34Cl2N2O2/c1-21-10-12-22(13-11-21)14-17-28(35)34(20-24-15-16-25(31)19-26(24)32)27(29(36)33-30(2,3)4)18-23-8-6-5-7-9-23/h5-13,15-16,19,27H,14,17-18,20H2,1-4H3,(H,33,36)/t27-/m1/s1. The lowest BCUT2D eigenvalue weighted by Gasteiger charge is -2.34. The van der Waals surface area contributed by atoms with Crippen LogP contribution in [0.15, 0.2) is 72.8 Å². The van der Waals surface area contributed by atoms with Crippen LogP contribution in [0.5, 0.6) is 0 Å². The fraction of sp³-hybridized carbons (Fsp3) is 0.333. The second-order valence-corrected chi connectivity index (χ2v) is 11.0. The van der Waals surface area contributed by atoms with Crippen LogP contribution in [-0.2, 0) is 29.0 Å². The van der Waals surface area contributed by atoms with Crippen molar-refractivity contribution in [2.24, 2.45) is 0 Å². The van der Waals surface area contributed by atoms with Crippen LogP contribution in [0, 0.1) is 6.92 Å². The van der Waals surface area contributed by atoms with Gasteiger partial charge in [-0.3, -0.25) is 9.59 Å². The lowest BCUT2D eigenvalue weighted by atomic mass is 9.99. The number of carbonyl (C=O) groups excluding carboxylic acids is 2. The molecule has 0 aliphatic rings. The molecule has 3 aromatic rings. The summed E-state index contributed by atoms with van der Waals surface area (Å²) < 4.78 is 0. The molecule has 36 heavy (non-hydrogen) atoms. The monoisotopic (exact) mass is 524 g/mol. The molecule has 0 saturated carbocycles. The van der Waals surface area contributed by atoms with E-state index in [2.05, 4.69) is 5.32 Å². The Labute approximate surface area is 224 Å². The van der Waals surface area contributed by atoms with Crippen LogP contribution >= 0.6 is 23.2 Å². The summed E-state index contributed by atoms with van der Waals surface area (Å²) in [7, 11) is 0. The van der Waals surface area contributed by atoms with Gasteiger partial charge in [-0.1, -0.05) is 89.4 Å². The first-order valence-corrected chi connectivity index (χ1v) is 12.9. The molecule has 0 unspecified atom stereocenters. The van der Waals surface area contributed by atoms with Gasteiger partial charge in [0.15, 0.2) is 0 Å². The molecule has 0 fully saturated rings. The van der Waals surface area contributed by atoms with Gasteiger partial charge in [-0.2, -0.15) is 0 Å². The van der Waals surface area contributed by atoms with Crippen molar-refractivity contribution in [3.05, 3.63) is 105 Å². The molecule has 0 radical (unpaired) electrons. The predicted octanol–water partition coefficient (Wildman–Crippen LogP) is 6.79. The van der Waals surface area contributed by atoms with Crippen molar-refractivity contribution in [2.75, 3.05) is 0 Å². The third-order valence-corrected chi connectivity index (χ3v) is 6.46. The number of carbonyl (C=O) groups is 2. The fourth-order valence-corrected chi connectivity index (χ4v) is 4.46. The summed E-state index contributed by atoms with van der Waals surface area (Å²) in [5.41, 5.74) is 3.53. The summed E-state index contributed by atoms with van der Waals surface area (Å²) in [6.45, 7) is 8.05. The maximum Gasteiger partial charge on any atom is 0.243 e. The van der Waals surface area contributed by atoms with Gasteiger partial charge in [-0.05, 0) is 62.9 Å². The SMILES string of the molecule is Cc1ccc(CCC(=O)N(Cc2ccc(Cl)cc2Cl)[C@H](Cc2ccccc2)C(=O)NC(C)(C)C)cc1. The van der Waals surface area contributed by atoms with Crippen molar-refractivity contribution < 1.29 is 9.59 Å². The number of benzene rings is 3. The zero-order valence-corrected chi connectivity index (χ0v) is 22.9. The molecule has 1 N–H and O–H groups in total. The highest BCUT2D eigenvalue weighted by molar-refractivity contribution is 6.35. The van der Waals surface area contributed by atoms with E-state index in [1.54, 1.807) is 17.0 Å². The van der Waals surface area contributed by atoms with E-state index >= 15 is 0 Å². The number of hydrogen-bond donors (Lipinski definition) is 1. The lowest BCUT2D eigenvalue weighted by Crippen LogP contribution is -2.54. The van der Waals surface area contributed by atoms with Gasteiger partial charge in [-0.15, -0.1) is 0 Å². The molecule has 0 saturated heterocycles. The fourth-order valence-electron chi connectivity index (χ4n) is 3.99. The summed E-state index contributed by atoms with van der Waals surface area (Å²) >= 11 is 12.6. The second-order valence-electron chi connectivity index (χ2n) is 10.2. The highest BCUT2D eigenvalue weighted by atomic mass is 35.5. The molecule has 0 aromatic heterocycles. The van der Waals surface area contributed by atoms with E-state index in [0.29, 0.717) is 22.9 Å². The molecule has 1 atom stereocenters. The van der Waals surface area contributed by atoms with Gasteiger partial charge in [0, 0.05) is 35.0 Å². The van der Waals surface area contributed by atoms with Gasteiger partial charge in [-0.25, -0.2) is 0 Å². The van der Waals surface area contributed by atoms with Crippen LogP contribution in [0.2, 0.25) is 10.0 Å². The molecule has 0 aliphatic carbocycles. The number of aryl methyl sites for hydroxylation is 2. The average molecular weight is 526 g/mol. The molecule has 0 aliphatic heterocycles. The van der Waals surface area contributed by atoms with Crippen LogP contribution in [0.1, 0.15) is 49.4 Å². The Bertz CT molecular complexity index is 1170. The largest absolute Gasteiger partial charge is 0.350 e. The molecule has 4 nitrogen and oxygen atoms in total.